The highest BCUT2D eigenvalue weighted by Gasteiger charge is 2.01. The molecule has 0 aliphatic carbocycles. The summed E-state index contributed by atoms with van der Waals surface area (Å²) in [7, 11) is 0. The Bertz CT molecular complexity index is 353. The zero-order valence-corrected chi connectivity index (χ0v) is 9.69. The van der Waals surface area contributed by atoms with E-state index in [0.29, 0.717) is 5.03 Å². The Kier molecular flexibility index (Phi) is 3.76. The van der Waals surface area contributed by atoms with Crippen LogP contribution >= 0.6 is 27.5 Å². The molecule has 0 aliphatic rings. The lowest BCUT2D eigenvalue weighted by Crippen LogP contribution is -1.82. The number of halogens is 2. The molecule has 68 valence electrons. The minimum Gasteiger partial charge on any atom is -0.0870 e. The molecule has 0 saturated carbocycles. The lowest BCUT2D eigenvalue weighted by molar-refractivity contribution is 1.56. The monoisotopic (exact) mass is 256 g/mol. The van der Waals surface area contributed by atoms with Crippen molar-refractivity contribution in [3.8, 4) is 0 Å². The van der Waals surface area contributed by atoms with Gasteiger partial charge in [0.1, 0.15) is 0 Å². The molecular formula is C11H10BrCl. The smallest absolute Gasteiger partial charge is 0.0413 e. The first-order valence-electron chi connectivity index (χ1n) is 3.92. The number of rotatable bonds is 2. The van der Waals surface area contributed by atoms with Gasteiger partial charge in [0.05, 0.1) is 0 Å². The number of hydrogen-bond acceptors (Lipinski definition) is 0. The summed E-state index contributed by atoms with van der Waals surface area (Å²) >= 11 is 9.26. The molecule has 0 nitrogen and oxygen atoms in total. The molecule has 0 N–H and O–H groups in total. The molecule has 0 heterocycles. The molecule has 0 aromatic heterocycles. The van der Waals surface area contributed by atoms with Crippen LogP contribution in [0.5, 0.6) is 0 Å². The molecule has 0 saturated heterocycles. The molecule has 0 unspecified atom stereocenters. The first-order chi connectivity index (χ1) is 6.15. The molecule has 1 rings (SSSR count). The first-order valence-corrected chi connectivity index (χ1v) is 5.09. The van der Waals surface area contributed by atoms with Crippen molar-refractivity contribution in [3.63, 3.8) is 0 Å². The first kappa shape index (κ1) is 10.6. The van der Waals surface area contributed by atoms with Gasteiger partial charge < -0.3 is 0 Å². The maximum Gasteiger partial charge on any atom is 0.0413 e. The third-order valence-electron chi connectivity index (χ3n) is 1.65. The van der Waals surface area contributed by atoms with Crippen LogP contribution in [0.1, 0.15) is 18.1 Å². The van der Waals surface area contributed by atoms with Gasteiger partial charge in [-0.25, -0.2) is 0 Å². The summed E-state index contributed by atoms with van der Waals surface area (Å²) in [6.07, 6.45) is 3.99. The molecule has 1 aromatic carbocycles. The predicted octanol–water partition coefficient (Wildman–Crippen LogP) is 4.69. The number of hydrogen-bond donors (Lipinski definition) is 0. The summed E-state index contributed by atoms with van der Waals surface area (Å²) in [5, 5.41) is 0.564. The van der Waals surface area contributed by atoms with E-state index in [1.165, 1.54) is 0 Å². The van der Waals surface area contributed by atoms with Crippen molar-refractivity contribution in [2.24, 2.45) is 0 Å². The lowest BCUT2D eigenvalue weighted by atomic mass is 10.1. The Balaban J connectivity index is 3.26. The predicted molar refractivity (Wildman–Crippen MR) is 63.7 cm³/mol. The Labute approximate surface area is 92.0 Å². The average molecular weight is 258 g/mol. The van der Waals surface area contributed by atoms with Crippen molar-refractivity contribution in [3.05, 3.63) is 46.5 Å². The van der Waals surface area contributed by atoms with E-state index in [2.05, 4.69) is 22.5 Å². The summed E-state index contributed by atoms with van der Waals surface area (Å²) in [6, 6.07) is 5.95. The van der Waals surface area contributed by atoms with Crippen LogP contribution in [0.4, 0.5) is 0 Å². The molecule has 0 spiro atoms. The van der Waals surface area contributed by atoms with E-state index in [-0.39, 0.29) is 0 Å². The quantitative estimate of drug-likeness (QED) is 0.721. The standard InChI is InChI=1S/C11H10BrCl/c1-3-4-9-5-6-10(12)7-11(9)8(2)13/h3-7H,2H2,1H3/b4-3-. The molecule has 2 heteroatoms. The molecule has 0 amide bonds. The average Bonchev–Trinajstić information content (AvgIpc) is 2.08. The van der Waals surface area contributed by atoms with Crippen molar-refractivity contribution in [1.29, 1.82) is 0 Å². The highest BCUT2D eigenvalue weighted by atomic mass is 79.9. The van der Waals surface area contributed by atoms with E-state index in [0.717, 1.165) is 15.6 Å². The molecule has 0 bridgehead atoms. The van der Waals surface area contributed by atoms with Gasteiger partial charge in [0, 0.05) is 15.1 Å². The second-order valence-electron chi connectivity index (χ2n) is 2.64. The Hall–Kier alpha value is -0.530. The van der Waals surface area contributed by atoms with Gasteiger partial charge in [-0.15, -0.1) is 0 Å². The van der Waals surface area contributed by atoms with Crippen molar-refractivity contribution in [2.45, 2.75) is 6.92 Å². The Morgan fingerprint density at radius 1 is 1.54 bits per heavy atom. The van der Waals surface area contributed by atoms with Gasteiger partial charge >= 0.3 is 0 Å². The van der Waals surface area contributed by atoms with Crippen LogP contribution in [0.2, 0.25) is 0 Å². The highest BCUT2D eigenvalue weighted by molar-refractivity contribution is 9.10. The molecule has 0 aliphatic heterocycles. The molecule has 0 atom stereocenters. The second-order valence-corrected chi connectivity index (χ2v) is 4.01. The van der Waals surface area contributed by atoms with Crippen LogP contribution < -0.4 is 0 Å². The second kappa shape index (κ2) is 4.64. The van der Waals surface area contributed by atoms with Gasteiger partial charge in [-0.05, 0) is 24.6 Å². The van der Waals surface area contributed by atoms with Crippen LogP contribution in [0.15, 0.2) is 35.3 Å². The molecule has 13 heavy (non-hydrogen) atoms. The summed E-state index contributed by atoms with van der Waals surface area (Å²) < 4.78 is 1.01. The summed E-state index contributed by atoms with van der Waals surface area (Å²) in [5.74, 6) is 0. The van der Waals surface area contributed by atoms with Crippen molar-refractivity contribution in [1.82, 2.24) is 0 Å². The van der Waals surface area contributed by atoms with Crippen molar-refractivity contribution >= 4 is 38.6 Å². The maximum atomic E-state index is 5.87. The van der Waals surface area contributed by atoms with E-state index in [1.807, 2.05) is 37.3 Å². The summed E-state index contributed by atoms with van der Waals surface area (Å²) in [4.78, 5) is 0. The lowest BCUT2D eigenvalue weighted by Gasteiger charge is -2.04. The van der Waals surface area contributed by atoms with E-state index >= 15 is 0 Å². The third kappa shape index (κ3) is 2.71. The Morgan fingerprint density at radius 3 is 2.77 bits per heavy atom. The molecule has 1 aromatic rings. The maximum absolute atomic E-state index is 5.87. The summed E-state index contributed by atoms with van der Waals surface area (Å²) in [5.41, 5.74) is 2.06. The van der Waals surface area contributed by atoms with Crippen molar-refractivity contribution in [2.75, 3.05) is 0 Å². The van der Waals surface area contributed by atoms with E-state index < -0.39 is 0 Å². The topological polar surface area (TPSA) is 0 Å². The van der Waals surface area contributed by atoms with Crippen LogP contribution in [0.25, 0.3) is 11.1 Å². The van der Waals surface area contributed by atoms with Crippen LogP contribution in [0, 0.1) is 0 Å². The minimum atomic E-state index is 0.564. The fraction of sp³-hybridized carbons (Fsp3) is 0.0909. The van der Waals surface area contributed by atoms with Crippen LogP contribution in [-0.2, 0) is 0 Å². The van der Waals surface area contributed by atoms with Gasteiger partial charge in [-0.2, -0.15) is 0 Å². The normalized spacial score (nSPS) is 10.7. The van der Waals surface area contributed by atoms with Gasteiger partial charge in [-0.3, -0.25) is 0 Å². The SMILES string of the molecule is C=C(Cl)c1cc(Br)ccc1/C=C\C. The van der Waals surface area contributed by atoms with E-state index in [1.54, 1.807) is 0 Å². The van der Waals surface area contributed by atoms with Gasteiger partial charge in [0.15, 0.2) is 0 Å². The number of allylic oxidation sites excluding steroid dienone is 1. The van der Waals surface area contributed by atoms with Crippen LogP contribution in [0.3, 0.4) is 0 Å². The fourth-order valence-electron chi connectivity index (χ4n) is 1.09. The zero-order chi connectivity index (χ0) is 9.84. The Morgan fingerprint density at radius 2 is 2.23 bits per heavy atom. The van der Waals surface area contributed by atoms with Gasteiger partial charge in [0.25, 0.3) is 0 Å². The van der Waals surface area contributed by atoms with E-state index in [4.69, 9.17) is 11.6 Å². The van der Waals surface area contributed by atoms with Gasteiger partial charge in [-0.1, -0.05) is 52.3 Å². The van der Waals surface area contributed by atoms with E-state index in [9.17, 15) is 0 Å². The molecular weight excluding hydrogens is 247 g/mol. The molecule has 0 fully saturated rings. The third-order valence-corrected chi connectivity index (χ3v) is 2.35. The fourth-order valence-corrected chi connectivity index (χ4v) is 1.61. The highest BCUT2D eigenvalue weighted by Crippen LogP contribution is 2.25. The van der Waals surface area contributed by atoms with Crippen molar-refractivity contribution < 1.29 is 0 Å². The largest absolute Gasteiger partial charge is 0.0870 e. The van der Waals surface area contributed by atoms with Gasteiger partial charge in [0.2, 0.25) is 0 Å². The van der Waals surface area contributed by atoms with Crippen LogP contribution in [-0.4, -0.2) is 0 Å². The molecule has 0 radical (unpaired) electrons. The minimum absolute atomic E-state index is 0.564. The number of benzene rings is 1. The summed E-state index contributed by atoms with van der Waals surface area (Å²) in [6.45, 7) is 5.70. The zero-order valence-electron chi connectivity index (χ0n) is 7.35.